The van der Waals surface area contributed by atoms with Gasteiger partial charge in [0, 0.05) is 10.4 Å². The molecule has 25 heavy (non-hydrogen) atoms. The lowest BCUT2D eigenvalue weighted by Gasteiger charge is -2.12. The van der Waals surface area contributed by atoms with Gasteiger partial charge in [-0.15, -0.1) is 11.3 Å². The number of rotatable bonds is 8. The minimum Gasteiger partial charge on any atom is -0.482 e. The van der Waals surface area contributed by atoms with Crippen molar-refractivity contribution in [2.75, 3.05) is 13.2 Å². The number of thiophene rings is 1. The van der Waals surface area contributed by atoms with Crippen molar-refractivity contribution < 1.29 is 23.9 Å². The van der Waals surface area contributed by atoms with Gasteiger partial charge in [0.1, 0.15) is 5.75 Å². The second-order valence-corrected chi connectivity index (χ2v) is 6.31. The summed E-state index contributed by atoms with van der Waals surface area (Å²) in [6.07, 6.45) is 0. The molecule has 2 aromatic rings. The molecule has 0 saturated carbocycles. The standard InChI is InChI=1S/C18H19NO5S/c1-12(16-4-3-9-25-16)19-17(21)10-24-18(22)11-23-15-7-5-14(6-8-15)13(2)20/h3-9,12H,10-11H2,1-2H3,(H,19,21)/t12-/m0/s1. The number of nitrogens with one attached hydrogen (secondary N) is 1. The fourth-order valence-electron chi connectivity index (χ4n) is 2.01. The van der Waals surface area contributed by atoms with Crippen molar-refractivity contribution in [1.29, 1.82) is 0 Å². The molecule has 1 aromatic heterocycles. The Bertz CT molecular complexity index is 724. The SMILES string of the molecule is CC(=O)c1ccc(OCC(=O)OCC(=O)N[C@@H](C)c2cccs2)cc1. The van der Waals surface area contributed by atoms with Crippen molar-refractivity contribution in [1.82, 2.24) is 5.32 Å². The van der Waals surface area contributed by atoms with Crippen LogP contribution in [0, 0.1) is 0 Å². The summed E-state index contributed by atoms with van der Waals surface area (Å²) in [5.74, 6) is -0.624. The molecule has 0 unspecified atom stereocenters. The minimum absolute atomic E-state index is 0.0475. The van der Waals surface area contributed by atoms with E-state index in [4.69, 9.17) is 9.47 Å². The van der Waals surface area contributed by atoms with Crippen LogP contribution in [0.1, 0.15) is 35.1 Å². The Morgan fingerprint density at radius 3 is 2.44 bits per heavy atom. The Balaban J connectivity index is 1.69. The maximum atomic E-state index is 11.8. The van der Waals surface area contributed by atoms with Crippen LogP contribution in [0.25, 0.3) is 0 Å². The topological polar surface area (TPSA) is 81.7 Å². The molecule has 0 aliphatic carbocycles. The van der Waals surface area contributed by atoms with E-state index < -0.39 is 5.97 Å². The van der Waals surface area contributed by atoms with Crippen LogP contribution in [-0.2, 0) is 14.3 Å². The van der Waals surface area contributed by atoms with Crippen LogP contribution >= 0.6 is 11.3 Å². The Kier molecular flexibility index (Phi) is 6.71. The van der Waals surface area contributed by atoms with Gasteiger partial charge >= 0.3 is 5.97 Å². The van der Waals surface area contributed by atoms with Crippen LogP contribution in [0.3, 0.4) is 0 Å². The molecule has 0 aliphatic rings. The van der Waals surface area contributed by atoms with Gasteiger partial charge in [-0.05, 0) is 49.6 Å². The zero-order valence-electron chi connectivity index (χ0n) is 14.0. The maximum absolute atomic E-state index is 11.8. The molecule has 0 spiro atoms. The quantitative estimate of drug-likeness (QED) is 0.577. The molecule has 0 fully saturated rings. The highest BCUT2D eigenvalue weighted by Gasteiger charge is 2.13. The van der Waals surface area contributed by atoms with Gasteiger partial charge in [-0.3, -0.25) is 9.59 Å². The first-order valence-electron chi connectivity index (χ1n) is 7.68. The monoisotopic (exact) mass is 361 g/mol. The number of amides is 1. The predicted molar refractivity (Wildman–Crippen MR) is 93.8 cm³/mol. The number of benzene rings is 1. The summed E-state index contributed by atoms with van der Waals surface area (Å²) in [4.78, 5) is 35.6. The third-order valence-corrected chi connectivity index (χ3v) is 4.38. The molecule has 1 heterocycles. The largest absolute Gasteiger partial charge is 0.482 e. The van der Waals surface area contributed by atoms with Crippen LogP contribution < -0.4 is 10.1 Å². The Labute approximate surface area is 149 Å². The molecule has 0 bridgehead atoms. The molecule has 1 atom stereocenters. The summed E-state index contributed by atoms with van der Waals surface area (Å²) < 4.78 is 10.1. The minimum atomic E-state index is -0.644. The first-order valence-corrected chi connectivity index (χ1v) is 8.56. The summed E-state index contributed by atoms with van der Waals surface area (Å²) in [6.45, 7) is 2.66. The van der Waals surface area contributed by atoms with Gasteiger partial charge in [0.2, 0.25) is 0 Å². The third kappa shape index (κ3) is 6.04. The molecule has 6 nitrogen and oxygen atoms in total. The molecule has 0 aliphatic heterocycles. The van der Waals surface area contributed by atoms with E-state index in [-0.39, 0.29) is 30.9 Å². The zero-order chi connectivity index (χ0) is 18.2. The Morgan fingerprint density at radius 2 is 1.84 bits per heavy atom. The van der Waals surface area contributed by atoms with E-state index in [1.165, 1.54) is 6.92 Å². The van der Waals surface area contributed by atoms with Gasteiger partial charge in [-0.25, -0.2) is 4.79 Å². The van der Waals surface area contributed by atoms with Crippen LogP contribution in [0.15, 0.2) is 41.8 Å². The highest BCUT2D eigenvalue weighted by atomic mass is 32.1. The van der Waals surface area contributed by atoms with Crippen LogP contribution in [0.5, 0.6) is 5.75 Å². The number of esters is 1. The van der Waals surface area contributed by atoms with Crippen molar-refractivity contribution in [2.24, 2.45) is 0 Å². The lowest BCUT2D eigenvalue weighted by atomic mass is 10.1. The summed E-state index contributed by atoms with van der Waals surface area (Å²) in [6, 6.07) is 10.1. The van der Waals surface area contributed by atoms with E-state index >= 15 is 0 Å². The molecule has 7 heteroatoms. The summed E-state index contributed by atoms with van der Waals surface area (Å²) in [5.41, 5.74) is 0.562. The van der Waals surface area contributed by atoms with E-state index in [1.54, 1.807) is 35.6 Å². The highest BCUT2D eigenvalue weighted by Crippen LogP contribution is 2.17. The van der Waals surface area contributed by atoms with Crippen LogP contribution in [0.4, 0.5) is 0 Å². The Morgan fingerprint density at radius 1 is 1.12 bits per heavy atom. The molecule has 0 saturated heterocycles. The summed E-state index contributed by atoms with van der Waals surface area (Å²) in [5, 5.41) is 4.68. The van der Waals surface area contributed by atoms with Crippen molar-refractivity contribution in [3.8, 4) is 5.75 Å². The van der Waals surface area contributed by atoms with Gasteiger partial charge in [0.05, 0.1) is 6.04 Å². The van der Waals surface area contributed by atoms with Crippen LogP contribution in [-0.4, -0.2) is 30.9 Å². The number of hydrogen-bond donors (Lipinski definition) is 1. The molecular weight excluding hydrogens is 342 g/mol. The maximum Gasteiger partial charge on any atom is 0.344 e. The van der Waals surface area contributed by atoms with E-state index in [0.717, 1.165) is 4.88 Å². The number of hydrogen-bond acceptors (Lipinski definition) is 6. The number of ketones is 1. The van der Waals surface area contributed by atoms with Crippen molar-refractivity contribution >= 4 is 29.0 Å². The number of carbonyl (C=O) groups excluding carboxylic acids is 3. The fraction of sp³-hybridized carbons (Fsp3) is 0.278. The lowest BCUT2D eigenvalue weighted by Crippen LogP contribution is -2.31. The zero-order valence-corrected chi connectivity index (χ0v) is 14.8. The average molecular weight is 361 g/mol. The second kappa shape index (κ2) is 8.98. The first-order chi connectivity index (χ1) is 12.0. The Hall–Kier alpha value is -2.67. The van der Waals surface area contributed by atoms with Crippen molar-refractivity contribution in [3.05, 3.63) is 52.2 Å². The van der Waals surface area contributed by atoms with E-state index in [1.807, 2.05) is 24.4 Å². The molecular formula is C18H19NO5S. The van der Waals surface area contributed by atoms with E-state index in [2.05, 4.69) is 5.32 Å². The van der Waals surface area contributed by atoms with Gasteiger partial charge in [0.25, 0.3) is 5.91 Å². The first kappa shape index (κ1) is 18.7. The van der Waals surface area contributed by atoms with Gasteiger partial charge < -0.3 is 14.8 Å². The third-order valence-electron chi connectivity index (χ3n) is 3.33. The predicted octanol–water partition coefficient (Wildman–Crippen LogP) is 2.75. The van der Waals surface area contributed by atoms with Crippen LogP contribution in [0.2, 0.25) is 0 Å². The molecule has 0 radical (unpaired) electrons. The van der Waals surface area contributed by atoms with Gasteiger partial charge in [-0.1, -0.05) is 6.07 Å². The highest BCUT2D eigenvalue weighted by molar-refractivity contribution is 7.10. The average Bonchev–Trinajstić information content (AvgIpc) is 3.13. The lowest BCUT2D eigenvalue weighted by molar-refractivity contribution is -0.150. The summed E-state index contributed by atoms with van der Waals surface area (Å²) in [7, 11) is 0. The number of ether oxygens (including phenoxy) is 2. The van der Waals surface area contributed by atoms with Gasteiger partial charge in [0.15, 0.2) is 19.0 Å². The van der Waals surface area contributed by atoms with Crippen molar-refractivity contribution in [2.45, 2.75) is 19.9 Å². The molecule has 2 rings (SSSR count). The molecule has 1 amide bonds. The van der Waals surface area contributed by atoms with E-state index in [0.29, 0.717) is 11.3 Å². The number of carbonyl (C=O) groups is 3. The van der Waals surface area contributed by atoms with Crippen molar-refractivity contribution in [3.63, 3.8) is 0 Å². The molecule has 132 valence electrons. The summed E-state index contributed by atoms with van der Waals surface area (Å²) >= 11 is 1.54. The second-order valence-electron chi connectivity index (χ2n) is 5.33. The number of Topliss-reactive ketones (excluding diaryl/α,β-unsaturated/α-hetero) is 1. The molecule has 1 N–H and O–H groups in total. The van der Waals surface area contributed by atoms with Gasteiger partial charge in [-0.2, -0.15) is 0 Å². The normalized spacial score (nSPS) is 11.4. The fourth-order valence-corrected chi connectivity index (χ4v) is 2.74. The smallest absolute Gasteiger partial charge is 0.344 e. The molecule has 1 aromatic carbocycles. The van der Waals surface area contributed by atoms with E-state index in [9.17, 15) is 14.4 Å².